The number of nitrogens with zero attached hydrogens (tertiary/aromatic N) is 5. The average molecular weight is 642 g/mol. The zero-order chi connectivity index (χ0) is 33.2. The van der Waals surface area contributed by atoms with E-state index < -0.39 is 53.2 Å². The van der Waals surface area contributed by atoms with Crippen molar-refractivity contribution in [3.63, 3.8) is 0 Å². The number of halogens is 2. The molecule has 47 heavy (non-hydrogen) atoms. The lowest BCUT2D eigenvalue weighted by Crippen LogP contribution is -2.45. The Hall–Kier alpha value is -4.69. The van der Waals surface area contributed by atoms with Gasteiger partial charge in [-0.3, -0.25) is 14.2 Å². The van der Waals surface area contributed by atoms with Crippen LogP contribution in [-0.2, 0) is 9.31 Å². The fourth-order valence-corrected chi connectivity index (χ4v) is 6.34. The standard InChI is InChI=1S/C33H33BF2N6O5/c1-32(2)33(3,4)47-34(46-32)19-6-5-7-24(14-19)41-28-25(15-21(36)16-37-28)30(44)42(31(41)45)23-11-9-22(10-12-23)38-29(43)26-18-40-17-20(35)8-13-27(40)39-26/h5-8,13-18,22-23H,9-12H2,1-4H3,(H,38,43). The van der Waals surface area contributed by atoms with Crippen LogP contribution in [0.5, 0.6) is 0 Å². The van der Waals surface area contributed by atoms with Gasteiger partial charge in [0.1, 0.15) is 23.0 Å². The Labute approximate surface area is 268 Å². The molecular formula is C33H33BF2N6O5. The zero-order valence-corrected chi connectivity index (χ0v) is 26.4. The molecule has 1 saturated carbocycles. The first-order valence-electron chi connectivity index (χ1n) is 15.6. The van der Waals surface area contributed by atoms with Crippen LogP contribution in [0.1, 0.15) is 69.9 Å². The fraction of sp³-hybridized carbons (Fsp3) is 0.364. The van der Waals surface area contributed by atoms with Gasteiger partial charge in [0.25, 0.3) is 11.5 Å². The number of fused-ring (bicyclic) bond motifs is 2. The molecule has 0 radical (unpaired) electrons. The summed E-state index contributed by atoms with van der Waals surface area (Å²) in [4.78, 5) is 49.3. The number of pyridine rings is 2. The average Bonchev–Trinajstić information content (AvgIpc) is 3.55. The molecule has 14 heteroatoms. The van der Waals surface area contributed by atoms with E-state index in [1.165, 1.54) is 38.1 Å². The minimum absolute atomic E-state index is 0.0238. The molecule has 0 unspecified atom stereocenters. The quantitative estimate of drug-likeness (QED) is 0.291. The van der Waals surface area contributed by atoms with E-state index in [1.807, 2.05) is 33.8 Å². The molecule has 0 atom stereocenters. The predicted octanol–water partition coefficient (Wildman–Crippen LogP) is 3.69. The van der Waals surface area contributed by atoms with Crippen LogP contribution >= 0.6 is 0 Å². The first-order valence-corrected chi connectivity index (χ1v) is 15.6. The fourth-order valence-electron chi connectivity index (χ4n) is 6.34. The summed E-state index contributed by atoms with van der Waals surface area (Å²) in [7, 11) is -0.689. The highest BCUT2D eigenvalue weighted by Gasteiger charge is 2.51. The highest BCUT2D eigenvalue weighted by molar-refractivity contribution is 6.62. The van der Waals surface area contributed by atoms with E-state index in [-0.39, 0.29) is 22.8 Å². The third-order valence-electron chi connectivity index (χ3n) is 9.59. The SMILES string of the molecule is CC1(C)OB(c2cccc(-n3c(=O)n(C4CCC(NC(=O)c5cn6cc(F)ccc6n5)CC4)c(=O)c4cc(F)cnc43)c2)OC1(C)C. The zero-order valence-electron chi connectivity index (χ0n) is 26.4. The summed E-state index contributed by atoms with van der Waals surface area (Å²) < 4.78 is 44.4. The molecule has 7 rings (SSSR count). The summed E-state index contributed by atoms with van der Waals surface area (Å²) in [6.45, 7) is 7.80. The summed E-state index contributed by atoms with van der Waals surface area (Å²) in [5, 5.41) is 2.94. The summed E-state index contributed by atoms with van der Waals surface area (Å²) in [6, 6.07) is 10.2. The van der Waals surface area contributed by atoms with Gasteiger partial charge in [-0.2, -0.15) is 0 Å². The maximum Gasteiger partial charge on any atom is 0.494 e. The van der Waals surface area contributed by atoms with Crippen molar-refractivity contribution in [2.24, 2.45) is 0 Å². The van der Waals surface area contributed by atoms with Gasteiger partial charge in [0.15, 0.2) is 5.65 Å². The smallest absolute Gasteiger partial charge is 0.399 e. The second-order valence-electron chi connectivity index (χ2n) is 13.2. The third kappa shape index (κ3) is 5.44. The molecule has 2 fully saturated rings. The minimum Gasteiger partial charge on any atom is -0.399 e. The molecule has 1 amide bonds. The van der Waals surface area contributed by atoms with E-state index in [2.05, 4.69) is 15.3 Å². The first kappa shape index (κ1) is 30.9. The van der Waals surface area contributed by atoms with Crippen molar-refractivity contribution in [1.82, 2.24) is 28.8 Å². The number of aromatic nitrogens is 5. The molecule has 1 aliphatic heterocycles. The Morgan fingerprint density at radius 2 is 1.68 bits per heavy atom. The van der Waals surface area contributed by atoms with Gasteiger partial charge in [0.2, 0.25) is 0 Å². The van der Waals surface area contributed by atoms with Gasteiger partial charge in [-0.1, -0.05) is 12.1 Å². The number of hydrogen-bond acceptors (Lipinski definition) is 7. The Morgan fingerprint density at radius 1 is 0.957 bits per heavy atom. The van der Waals surface area contributed by atoms with Gasteiger partial charge < -0.3 is 19.0 Å². The molecule has 1 N–H and O–H groups in total. The lowest BCUT2D eigenvalue weighted by Gasteiger charge is -2.32. The highest BCUT2D eigenvalue weighted by Crippen LogP contribution is 2.36. The van der Waals surface area contributed by atoms with Crippen LogP contribution in [0, 0.1) is 11.6 Å². The van der Waals surface area contributed by atoms with E-state index in [9.17, 15) is 23.2 Å². The second kappa shape index (κ2) is 11.2. The van der Waals surface area contributed by atoms with Gasteiger partial charge >= 0.3 is 12.8 Å². The van der Waals surface area contributed by atoms with Crippen LogP contribution in [0.25, 0.3) is 22.4 Å². The number of imidazole rings is 1. The van der Waals surface area contributed by atoms with Gasteiger partial charge in [0.05, 0.1) is 28.5 Å². The summed E-state index contributed by atoms with van der Waals surface area (Å²) >= 11 is 0. The molecule has 1 saturated heterocycles. The lowest BCUT2D eigenvalue weighted by atomic mass is 9.79. The number of carbonyl (C=O) groups is 1. The van der Waals surface area contributed by atoms with Crippen LogP contribution < -0.4 is 22.0 Å². The van der Waals surface area contributed by atoms with E-state index in [4.69, 9.17) is 9.31 Å². The first-order chi connectivity index (χ1) is 22.3. The molecule has 0 bridgehead atoms. The Balaban J connectivity index is 1.18. The summed E-state index contributed by atoms with van der Waals surface area (Å²) in [5.74, 6) is -1.54. The van der Waals surface area contributed by atoms with Gasteiger partial charge in [-0.25, -0.2) is 28.1 Å². The lowest BCUT2D eigenvalue weighted by molar-refractivity contribution is 0.00578. The maximum atomic E-state index is 14.4. The number of benzene rings is 1. The van der Waals surface area contributed by atoms with Crippen LogP contribution in [0.2, 0.25) is 0 Å². The molecule has 2 aliphatic rings. The Morgan fingerprint density at radius 3 is 2.40 bits per heavy atom. The van der Waals surface area contributed by atoms with E-state index >= 15 is 0 Å². The van der Waals surface area contributed by atoms with Gasteiger partial charge in [-0.05, 0) is 89.2 Å². The van der Waals surface area contributed by atoms with Crippen molar-refractivity contribution in [2.75, 3.05) is 0 Å². The molecule has 0 spiro atoms. The molecule has 11 nitrogen and oxygen atoms in total. The molecule has 1 aromatic carbocycles. The van der Waals surface area contributed by atoms with Crippen LogP contribution in [0.3, 0.4) is 0 Å². The number of rotatable bonds is 5. The number of nitrogens with one attached hydrogen (secondary N) is 1. The maximum absolute atomic E-state index is 14.4. The third-order valence-corrected chi connectivity index (χ3v) is 9.59. The number of amides is 1. The Kier molecular flexibility index (Phi) is 7.40. The van der Waals surface area contributed by atoms with Crippen molar-refractivity contribution < 1.29 is 22.9 Å². The molecule has 242 valence electrons. The van der Waals surface area contributed by atoms with Crippen LogP contribution in [0.15, 0.2) is 70.6 Å². The topological polar surface area (TPSA) is 122 Å². The normalized spacial score (nSPS) is 20.6. The van der Waals surface area contributed by atoms with Crippen LogP contribution in [-0.4, -0.2) is 53.8 Å². The van der Waals surface area contributed by atoms with Crippen molar-refractivity contribution in [3.8, 4) is 5.69 Å². The minimum atomic E-state index is -0.696. The van der Waals surface area contributed by atoms with Crippen molar-refractivity contribution in [1.29, 1.82) is 0 Å². The van der Waals surface area contributed by atoms with Crippen molar-refractivity contribution in [3.05, 3.63) is 99.2 Å². The van der Waals surface area contributed by atoms with E-state index in [0.29, 0.717) is 42.5 Å². The van der Waals surface area contributed by atoms with Gasteiger partial charge in [0, 0.05) is 24.5 Å². The van der Waals surface area contributed by atoms with E-state index in [0.717, 1.165) is 12.3 Å². The summed E-state index contributed by atoms with van der Waals surface area (Å²) in [6.07, 6.45) is 5.49. The number of carbonyl (C=O) groups excluding carboxylic acids is 1. The molecule has 4 aromatic heterocycles. The highest BCUT2D eigenvalue weighted by atomic mass is 19.1. The summed E-state index contributed by atoms with van der Waals surface area (Å²) in [5.41, 5.74) is -0.638. The predicted molar refractivity (Wildman–Crippen MR) is 171 cm³/mol. The van der Waals surface area contributed by atoms with Crippen molar-refractivity contribution >= 4 is 35.2 Å². The molecule has 5 heterocycles. The molecule has 5 aromatic rings. The second-order valence-corrected chi connectivity index (χ2v) is 13.2. The van der Waals surface area contributed by atoms with E-state index in [1.54, 1.807) is 18.2 Å². The monoisotopic (exact) mass is 642 g/mol. The van der Waals surface area contributed by atoms with Crippen LogP contribution in [0.4, 0.5) is 8.78 Å². The Bertz CT molecular complexity index is 2150. The number of hydrogen-bond donors (Lipinski definition) is 1. The van der Waals surface area contributed by atoms with Gasteiger partial charge in [-0.15, -0.1) is 0 Å². The molecule has 1 aliphatic carbocycles. The van der Waals surface area contributed by atoms with Crippen molar-refractivity contribution in [2.45, 2.75) is 76.7 Å². The largest absolute Gasteiger partial charge is 0.494 e. The molecular weight excluding hydrogens is 609 g/mol.